The third-order valence-corrected chi connectivity index (χ3v) is 5.84. The zero-order valence-corrected chi connectivity index (χ0v) is 19.6. The number of nitrogens with one attached hydrogen (secondary N) is 1. The molecule has 2 heterocycles. The van der Waals surface area contributed by atoms with Crippen LogP contribution in [0.4, 0.5) is 10.5 Å². The molecule has 168 valence electrons. The summed E-state index contributed by atoms with van der Waals surface area (Å²) in [4.78, 5) is 29.3. The van der Waals surface area contributed by atoms with Gasteiger partial charge in [0, 0.05) is 54.7 Å². The van der Waals surface area contributed by atoms with Gasteiger partial charge in [-0.05, 0) is 44.4 Å². The quantitative estimate of drug-likeness (QED) is 0.752. The van der Waals surface area contributed by atoms with Crippen LogP contribution in [-0.4, -0.2) is 57.7 Å². The van der Waals surface area contributed by atoms with Crippen molar-refractivity contribution in [1.82, 2.24) is 19.6 Å². The van der Waals surface area contributed by atoms with Gasteiger partial charge in [-0.25, -0.2) is 4.79 Å². The number of benzene rings is 1. The summed E-state index contributed by atoms with van der Waals surface area (Å²) < 4.78 is 2.01. The molecule has 0 atom stereocenters. The summed E-state index contributed by atoms with van der Waals surface area (Å²) in [5.74, 6) is 0.587. The zero-order valence-electron chi connectivity index (χ0n) is 18.8. The van der Waals surface area contributed by atoms with Crippen LogP contribution in [0.5, 0.6) is 0 Å². The first kappa shape index (κ1) is 23.1. The number of hydrogen-bond acceptors (Lipinski definition) is 3. The van der Waals surface area contributed by atoms with E-state index in [9.17, 15) is 9.59 Å². The van der Waals surface area contributed by atoms with Crippen molar-refractivity contribution in [2.45, 2.75) is 47.1 Å². The number of aryl methyl sites for hydroxylation is 1. The molecule has 1 aromatic heterocycles. The van der Waals surface area contributed by atoms with Crippen LogP contribution >= 0.6 is 11.6 Å². The van der Waals surface area contributed by atoms with Gasteiger partial charge < -0.3 is 15.1 Å². The third kappa shape index (κ3) is 6.00. The van der Waals surface area contributed by atoms with Crippen LogP contribution in [0.3, 0.4) is 0 Å². The fourth-order valence-electron chi connectivity index (χ4n) is 3.92. The molecule has 0 bridgehead atoms. The van der Waals surface area contributed by atoms with E-state index < -0.39 is 0 Å². The molecule has 31 heavy (non-hydrogen) atoms. The van der Waals surface area contributed by atoms with E-state index in [0.29, 0.717) is 49.2 Å². The molecule has 1 fully saturated rings. The molecule has 0 spiro atoms. The second-order valence-corrected chi connectivity index (χ2v) is 9.00. The van der Waals surface area contributed by atoms with Crippen LogP contribution in [-0.2, 0) is 17.8 Å². The molecule has 1 saturated heterocycles. The molecule has 0 aliphatic carbocycles. The second-order valence-electron chi connectivity index (χ2n) is 8.56. The van der Waals surface area contributed by atoms with Gasteiger partial charge >= 0.3 is 6.03 Å². The van der Waals surface area contributed by atoms with Crippen molar-refractivity contribution < 1.29 is 9.59 Å². The van der Waals surface area contributed by atoms with Crippen molar-refractivity contribution in [2.24, 2.45) is 5.92 Å². The summed E-state index contributed by atoms with van der Waals surface area (Å²) in [5.41, 5.74) is 3.67. The largest absolute Gasteiger partial charge is 0.341 e. The Labute approximate surface area is 189 Å². The highest BCUT2D eigenvalue weighted by atomic mass is 35.5. The number of carbonyl (C=O) groups excluding carboxylic acids is 2. The number of urea groups is 1. The van der Waals surface area contributed by atoms with Crippen LogP contribution in [0, 0.1) is 19.8 Å². The standard InChI is InChI=1S/C23H32ClN5O2/c1-16(2)15-29-18(4)21(17(3)26-29)14-22(30)27-9-6-10-28(12-11-27)23(31)25-20-8-5-7-19(24)13-20/h5,7-8,13,16H,6,9-12,14-15H2,1-4H3,(H,25,31). The van der Waals surface area contributed by atoms with Gasteiger partial charge in [0.1, 0.15) is 0 Å². The van der Waals surface area contributed by atoms with Gasteiger partial charge in [0.05, 0.1) is 12.1 Å². The molecule has 0 radical (unpaired) electrons. The smallest absolute Gasteiger partial charge is 0.321 e. The highest BCUT2D eigenvalue weighted by Crippen LogP contribution is 2.18. The number of aromatic nitrogens is 2. The molecule has 2 aromatic rings. The van der Waals surface area contributed by atoms with Crippen LogP contribution < -0.4 is 5.32 Å². The van der Waals surface area contributed by atoms with E-state index in [1.807, 2.05) is 29.5 Å². The first-order chi connectivity index (χ1) is 14.7. The summed E-state index contributed by atoms with van der Waals surface area (Å²) in [6.07, 6.45) is 1.10. The zero-order chi connectivity index (χ0) is 22.5. The molecule has 3 amide bonds. The van der Waals surface area contributed by atoms with Gasteiger partial charge in [-0.2, -0.15) is 5.10 Å². The Hall–Kier alpha value is -2.54. The van der Waals surface area contributed by atoms with E-state index in [1.165, 1.54) is 0 Å². The van der Waals surface area contributed by atoms with E-state index in [-0.39, 0.29) is 11.9 Å². The predicted octanol–water partition coefficient (Wildman–Crippen LogP) is 4.12. The van der Waals surface area contributed by atoms with Crippen LogP contribution in [0.15, 0.2) is 24.3 Å². The molecule has 1 aromatic carbocycles. The molecule has 1 N–H and O–H groups in total. The fourth-order valence-corrected chi connectivity index (χ4v) is 4.11. The Morgan fingerprint density at radius 3 is 2.55 bits per heavy atom. The van der Waals surface area contributed by atoms with Crippen molar-refractivity contribution in [3.8, 4) is 0 Å². The lowest BCUT2D eigenvalue weighted by atomic mass is 10.1. The monoisotopic (exact) mass is 445 g/mol. The lowest BCUT2D eigenvalue weighted by Gasteiger charge is -2.22. The Morgan fingerprint density at radius 1 is 1.13 bits per heavy atom. The van der Waals surface area contributed by atoms with Crippen LogP contribution in [0.25, 0.3) is 0 Å². The highest BCUT2D eigenvalue weighted by molar-refractivity contribution is 6.30. The molecule has 0 saturated carbocycles. The minimum absolute atomic E-state index is 0.0902. The topological polar surface area (TPSA) is 70.5 Å². The van der Waals surface area contributed by atoms with E-state index in [0.717, 1.165) is 29.9 Å². The molecule has 3 rings (SSSR count). The average molecular weight is 446 g/mol. The molecule has 1 aliphatic heterocycles. The van der Waals surface area contributed by atoms with E-state index in [1.54, 1.807) is 23.1 Å². The third-order valence-electron chi connectivity index (χ3n) is 5.61. The summed E-state index contributed by atoms with van der Waals surface area (Å²) in [6.45, 7) is 11.5. The van der Waals surface area contributed by atoms with E-state index in [4.69, 9.17) is 11.6 Å². The van der Waals surface area contributed by atoms with E-state index in [2.05, 4.69) is 24.3 Å². The summed E-state index contributed by atoms with van der Waals surface area (Å²) in [6, 6.07) is 6.92. The fraction of sp³-hybridized carbons (Fsp3) is 0.522. The SMILES string of the molecule is Cc1nn(CC(C)C)c(C)c1CC(=O)N1CCCN(C(=O)Nc2cccc(Cl)c2)CC1. The Bertz CT molecular complexity index is 940. The molecule has 0 unspecified atom stereocenters. The summed E-state index contributed by atoms with van der Waals surface area (Å²) in [7, 11) is 0. The lowest BCUT2D eigenvalue weighted by Crippen LogP contribution is -2.39. The molecule has 7 nitrogen and oxygen atoms in total. The van der Waals surface area contributed by atoms with Gasteiger partial charge in [0.2, 0.25) is 5.91 Å². The van der Waals surface area contributed by atoms with Gasteiger partial charge in [-0.3, -0.25) is 9.48 Å². The maximum absolute atomic E-state index is 13.0. The predicted molar refractivity (Wildman–Crippen MR) is 123 cm³/mol. The normalized spacial score (nSPS) is 14.6. The average Bonchev–Trinajstić information content (AvgIpc) is 2.89. The first-order valence-electron chi connectivity index (χ1n) is 10.9. The molecule has 8 heteroatoms. The van der Waals surface area contributed by atoms with Crippen molar-refractivity contribution in [1.29, 1.82) is 0 Å². The minimum Gasteiger partial charge on any atom is -0.341 e. The number of hydrogen-bond donors (Lipinski definition) is 1. The van der Waals surface area contributed by atoms with Crippen LogP contribution in [0.2, 0.25) is 5.02 Å². The van der Waals surface area contributed by atoms with Crippen molar-refractivity contribution in [2.75, 3.05) is 31.5 Å². The van der Waals surface area contributed by atoms with Crippen molar-refractivity contribution >= 4 is 29.2 Å². The number of amides is 3. The van der Waals surface area contributed by atoms with Gasteiger partial charge in [0.15, 0.2) is 0 Å². The first-order valence-corrected chi connectivity index (χ1v) is 11.2. The number of anilines is 1. The van der Waals surface area contributed by atoms with Crippen molar-refractivity contribution in [3.05, 3.63) is 46.2 Å². The number of rotatable bonds is 5. The summed E-state index contributed by atoms with van der Waals surface area (Å²) >= 11 is 5.99. The van der Waals surface area contributed by atoms with E-state index >= 15 is 0 Å². The van der Waals surface area contributed by atoms with Gasteiger partial charge in [-0.15, -0.1) is 0 Å². The van der Waals surface area contributed by atoms with Crippen molar-refractivity contribution in [3.63, 3.8) is 0 Å². The number of carbonyl (C=O) groups is 2. The summed E-state index contributed by atoms with van der Waals surface area (Å²) in [5, 5.41) is 8.09. The van der Waals surface area contributed by atoms with Gasteiger partial charge in [0.25, 0.3) is 0 Å². The second kappa shape index (κ2) is 10.2. The minimum atomic E-state index is -0.168. The molecular weight excluding hydrogens is 414 g/mol. The molecule has 1 aliphatic rings. The number of nitrogens with zero attached hydrogens (tertiary/aromatic N) is 4. The van der Waals surface area contributed by atoms with Gasteiger partial charge in [-0.1, -0.05) is 31.5 Å². The highest BCUT2D eigenvalue weighted by Gasteiger charge is 2.24. The maximum atomic E-state index is 13.0. The lowest BCUT2D eigenvalue weighted by molar-refractivity contribution is -0.130. The Morgan fingerprint density at radius 2 is 1.84 bits per heavy atom. The van der Waals surface area contributed by atoms with Crippen LogP contribution in [0.1, 0.15) is 37.2 Å². The molecular formula is C23H32ClN5O2. The Balaban J connectivity index is 1.58. The number of halogens is 1. The Kier molecular flexibility index (Phi) is 7.59. The maximum Gasteiger partial charge on any atom is 0.321 e.